The molecule has 1 fully saturated rings. The number of alkyl halides is 3. The highest BCUT2D eigenvalue weighted by Gasteiger charge is 2.30. The monoisotopic (exact) mass is 412 g/mol. The molecule has 0 saturated carbocycles. The van der Waals surface area contributed by atoms with Gasteiger partial charge in [0.05, 0.1) is 5.56 Å². The zero-order valence-corrected chi connectivity index (χ0v) is 18.1. The predicted molar refractivity (Wildman–Crippen MR) is 115 cm³/mol. The predicted octanol–water partition coefficient (Wildman–Crippen LogP) is 6.96. The molecule has 1 aromatic carbocycles. The van der Waals surface area contributed by atoms with E-state index in [-0.39, 0.29) is 6.04 Å². The van der Waals surface area contributed by atoms with Gasteiger partial charge in [-0.05, 0) is 56.6 Å². The number of nitrogens with zero attached hydrogens (tertiary/aromatic N) is 1. The van der Waals surface area contributed by atoms with Crippen molar-refractivity contribution < 1.29 is 13.2 Å². The Morgan fingerprint density at radius 1 is 0.862 bits per heavy atom. The fraction of sp³-hybridized carbons (Fsp3) is 0.750. The molecule has 166 valence electrons. The number of hydrogen-bond donors (Lipinski definition) is 1. The Hall–Kier alpha value is -1.07. The molecule has 1 saturated heterocycles. The van der Waals surface area contributed by atoms with E-state index in [1.165, 1.54) is 82.8 Å². The molecule has 0 aromatic heterocycles. The molecule has 1 aliphatic rings. The highest BCUT2D eigenvalue weighted by molar-refractivity contribution is 5.27. The second-order valence-corrected chi connectivity index (χ2v) is 8.41. The Bertz CT molecular complexity index is 536. The van der Waals surface area contributed by atoms with Crippen LogP contribution in [0.2, 0.25) is 0 Å². The van der Waals surface area contributed by atoms with Crippen molar-refractivity contribution in [3.05, 3.63) is 35.4 Å². The van der Waals surface area contributed by atoms with Crippen LogP contribution in [0, 0.1) is 0 Å². The molecule has 1 N–H and O–H groups in total. The van der Waals surface area contributed by atoms with Crippen molar-refractivity contribution in [2.75, 3.05) is 26.2 Å². The lowest BCUT2D eigenvalue weighted by molar-refractivity contribution is -0.137. The normalized spacial score (nSPS) is 16.8. The van der Waals surface area contributed by atoms with Gasteiger partial charge in [0.25, 0.3) is 0 Å². The van der Waals surface area contributed by atoms with Crippen molar-refractivity contribution in [1.29, 1.82) is 0 Å². The van der Waals surface area contributed by atoms with Crippen LogP contribution in [0.5, 0.6) is 0 Å². The van der Waals surface area contributed by atoms with Crippen LogP contribution in [0.15, 0.2) is 24.3 Å². The van der Waals surface area contributed by atoms with Crippen LogP contribution in [-0.4, -0.2) is 31.1 Å². The first-order valence-electron chi connectivity index (χ1n) is 11.6. The molecule has 0 amide bonds. The van der Waals surface area contributed by atoms with Gasteiger partial charge in [0, 0.05) is 12.6 Å². The van der Waals surface area contributed by atoms with Crippen molar-refractivity contribution in [3.63, 3.8) is 0 Å². The van der Waals surface area contributed by atoms with Gasteiger partial charge in [-0.3, -0.25) is 4.90 Å². The molecule has 2 nitrogen and oxygen atoms in total. The van der Waals surface area contributed by atoms with E-state index in [1.54, 1.807) is 12.1 Å². The first-order chi connectivity index (χ1) is 14.0. The highest BCUT2D eigenvalue weighted by atomic mass is 19.4. The van der Waals surface area contributed by atoms with Crippen molar-refractivity contribution in [2.45, 2.75) is 89.8 Å². The minimum Gasteiger partial charge on any atom is -0.315 e. The van der Waals surface area contributed by atoms with E-state index in [4.69, 9.17) is 0 Å². The second-order valence-electron chi connectivity index (χ2n) is 8.41. The van der Waals surface area contributed by atoms with E-state index in [0.29, 0.717) is 0 Å². The maximum Gasteiger partial charge on any atom is 0.416 e. The molecule has 1 aromatic rings. The van der Waals surface area contributed by atoms with Gasteiger partial charge in [0.1, 0.15) is 0 Å². The van der Waals surface area contributed by atoms with E-state index >= 15 is 0 Å². The van der Waals surface area contributed by atoms with Crippen LogP contribution < -0.4 is 5.32 Å². The van der Waals surface area contributed by atoms with E-state index in [0.717, 1.165) is 31.7 Å². The van der Waals surface area contributed by atoms with Crippen LogP contribution in [0.25, 0.3) is 0 Å². The topological polar surface area (TPSA) is 15.3 Å². The minimum absolute atomic E-state index is 0.159. The Kier molecular flexibility index (Phi) is 11.1. The fourth-order valence-corrected chi connectivity index (χ4v) is 4.20. The van der Waals surface area contributed by atoms with E-state index in [1.807, 2.05) is 0 Å². The summed E-state index contributed by atoms with van der Waals surface area (Å²) in [6, 6.07) is 5.95. The van der Waals surface area contributed by atoms with E-state index in [9.17, 15) is 13.2 Å². The maximum atomic E-state index is 12.9. The summed E-state index contributed by atoms with van der Waals surface area (Å²) in [5.41, 5.74) is 0.425. The van der Waals surface area contributed by atoms with Gasteiger partial charge >= 0.3 is 6.18 Å². The first-order valence-corrected chi connectivity index (χ1v) is 11.6. The smallest absolute Gasteiger partial charge is 0.315 e. The highest BCUT2D eigenvalue weighted by Crippen LogP contribution is 2.31. The number of hydrogen-bond acceptors (Lipinski definition) is 2. The SMILES string of the molecule is CCCCCCCCCCNCC(c1ccc(C(F)(F)F)cc1)N1CCCCC1. The van der Waals surface area contributed by atoms with Crippen molar-refractivity contribution in [2.24, 2.45) is 0 Å². The largest absolute Gasteiger partial charge is 0.416 e. The van der Waals surface area contributed by atoms with E-state index in [2.05, 4.69) is 17.1 Å². The molecule has 0 aliphatic carbocycles. The van der Waals surface area contributed by atoms with Crippen LogP contribution in [0.4, 0.5) is 13.2 Å². The van der Waals surface area contributed by atoms with Gasteiger partial charge in [-0.1, -0.05) is 70.4 Å². The standard InChI is InChI=1S/C24H39F3N2/c1-2-3-4-5-6-7-8-10-17-28-20-23(29-18-11-9-12-19-29)21-13-15-22(16-14-21)24(25,26)27/h13-16,23,28H,2-12,17-20H2,1H3. The van der Waals surface area contributed by atoms with Gasteiger partial charge in [-0.25, -0.2) is 0 Å². The fourth-order valence-electron chi connectivity index (χ4n) is 4.20. The zero-order valence-electron chi connectivity index (χ0n) is 18.1. The van der Waals surface area contributed by atoms with Gasteiger partial charge < -0.3 is 5.32 Å². The average molecular weight is 413 g/mol. The Morgan fingerprint density at radius 2 is 1.45 bits per heavy atom. The third-order valence-electron chi connectivity index (χ3n) is 6.00. The number of piperidine rings is 1. The molecular weight excluding hydrogens is 373 g/mol. The van der Waals surface area contributed by atoms with E-state index < -0.39 is 11.7 Å². The molecule has 0 spiro atoms. The van der Waals surface area contributed by atoms with Crippen molar-refractivity contribution in [1.82, 2.24) is 10.2 Å². The molecule has 1 unspecified atom stereocenters. The number of likely N-dealkylation sites (tertiary alicyclic amines) is 1. The first kappa shape index (κ1) is 24.2. The van der Waals surface area contributed by atoms with Gasteiger partial charge in [-0.15, -0.1) is 0 Å². The summed E-state index contributed by atoms with van der Waals surface area (Å²) in [5.74, 6) is 0. The maximum absolute atomic E-state index is 12.9. The van der Waals surface area contributed by atoms with Gasteiger partial charge in [0.15, 0.2) is 0 Å². The number of nitrogens with one attached hydrogen (secondary N) is 1. The van der Waals surface area contributed by atoms with Crippen LogP contribution in [0.3, 0.4) is 0 Å². The minimum atomic E-state index is -4.27. The lowest BCUT2D eigenvalue weighted by atomic mass is 10.00. The Labute approximate surface area is 175 Å². The van der Waals surface area contributed by atoms with Crippen LogP contribution >= 0.6 is 0 Å². The summed E-state index contributed by atoms with van der Waals surface area (Å²) in [6.45, 7) is 6.10. The summed E-state index contributed by atoms with van der Waals surface area (Å²) in [7, 11) is 0. The Balaban J connectivity index is 1.78. The number of unbranched alkanes of at least 4 members (excludes halogenated alkanes) is 7. The summed E-state index contributed by atoms with van der Waals surface area (Å²) in [4.78, 5) is 2.44. The zero-order chi connectivity index (χ0) is 21.0. The lowest BCUT2D eigenvalue weighted by Crippen LogP contribution is -2.39. The number of benzene rings is 1. The molecule has 1 aliphatic heterocycles. The lowest BCUT2D eigenvalue weighted by Gasteiger charge is -2.35. The molecule has 1 atom stereocenters. The number of halogens is 3. The summed E-state index contributed by atoms with van der Waals surface area (Å²) in [6.07, 6.45) is 9.76. The molecular formula is C24H39F3N2. The van der Waals surface area contributed by atoms with Crippen LogP contribution in [0.1, 0.15) is 94.7 Å². The molecule has 1 heterocycles. The Morgan fingerprint density at radius 3 is 2.03 bits per heavy atom. The molecule has 29 heavy (non-hydrogen) atoms. The molecule has 2 rings (SSSR count). The quantitative estimate of drug-likeness (QED) is 0.352. The van der Waals surface area contributed by atoms with Crippen LogP contribution in [-0.2, 0) is 6.18 Å². The summed E-state index contributed by atoms with van der Waals surface area (Å²) in [5, 5.41) is 3.57. The molecule has 0 bridgehead atoms. The van der Waals surface area contributed by atoms with Crippen molar-refractivity contribution >= 4 is 0 Å². The second kappa shape index (κ2) is 13.3. The molecule has 5 heteroatoms. The summed E-state index contributed by atoms with van der Waals surface area (Å²) >= 11 is 0. The van der Waals surface area contributed by atoms with Crippen molar-refractivity contribution in [3.8, 4) is 0 Å². The average Bonchev–Trinajstić information content (AvgIpc) is 2.72. The molecule has 0 radical (unpaired) electrons. The number of rotatable bonds is 13. The van der Waals surface area contributed by atoms with Gasteiger partial charge in [-0.2, -0.15) is 13.2 Å². The van der Waals surface area contributed by atoms with Gasteiger partial charge in [0.2, 0.25) is 0 Å². The third-order valence-corrected chi connectivity index (χ3v) is 6.00. The summed E-state index contributed by atoms with van der Waals surface area (Å²) < 4.78 is 38.7. The third kappa shape index (κ3) is 9.08.